The number of carbonyl (C=O) groups excluding carboxylic acids is 1. The minimum atomic E-state index is -4.28. The van der Waals surface area contributed by atoms with E-state index in [9.17, 15) is 14.3 Å². The van der Waals surface area contributed by atoms with Gasteiger partial charge in [0.05, 0.1) is 19.8 Å². The van der Waals surface area contributed by atoms with Crippen LogP contribution < -0.4 is 5.73 Å². The Bertz CT molecular complexity index is 1030. The number of ether oxygens (including phenoxy) is 2. The van der Waals surface area contributed by atoms with E-state index in [1.807, 2.05) is 0 Å². The van der Waals surface area contributed by atoms with Crippen LogP contribution in [-0.4, -0.2) is 49.9 Å². The van der Waals surface area contributed by atoms with Crippen LogP contribution in [0.5, 0.6) is 0 Å². The van der Waals surface area contributed by atoms with E-state index in [4.69, 9.17) is 24.3 Å². The van der Waals surface area contributed by atoms with Crippen LogP contribution in [0.25, 0.3) is 0 Å². The summed E-state index contributed by atoms with van der Waals surface area (Å²) in [6.07, 6.45) is 55.6. The molecule has 0 spiro atoms. The van der Waals surface area contributed by atoms with Crippen LogP contribution in [0.4, 0.5) is 0 Å². The summed E-state index contributed by atoms with van der Waals surface area (Å²) >= 11 is 0. The molecule has 0 heterocycles. The second kappa shape index (κ2) is 46.5. The highest BCUT2D eigenvalue weighted by Gasteiger charge is 2.25. The van der Waals surface area contributed by atoms with Gasteiger partial charge in [-0.1, -0.05) is 210 Å². The Morgan fingerprint density at radius 1 is 0.534 bits per heavy atom. The van der Waals surface area contributed by atoms with E-state index in [0.29, 0.717) is 13.0 Å². The molecule has 58 heavy (non-hydrogen) atoms. The third-order valence-corrected chi connectivity index (χ3v) is 11.2. The molecule has 0 saturated carbocycles. The molecule has 0 saturated heterocycles. The third-order valence-electron chi connectivity index (χ3n) is 10.3. The molecular formula is C49H92NO7P. The van der Waals surface area contributed by atoms with Crippen molar-refractivity contribution in [3.63, 3.8) is 0 Å². The van der Waals surface area contributed by atoms with Crippen LogP contribution in [0.3, 0.4) is 0 Å². The van der Waals surface area contributed by atoms with Crippen molar-refractivity contribution in [1.82, 2.24) is 0 Å². The van der Waals surface area contributed by atoms with Crippen molar-refractivity contribution in [2.24, 2.45) is 5.73 Å². The maximum Gasteiger partial charge on any atom is 0.472 e. The van der Waals surface area contributed by atoms with Gasteiger partial charge in [0.25, 0.3) is 0 Å². The minimum Gasteiger partial charge on any atom is -0.457 e. The topological polar surface area (TPSA) is 117 Å². The predicted octanol–water partition coefficient (Wildman–Crippen LogP) is 14.8. The first-order valence-electron chi connectivity index (χ1n) is 24.1. The summed E-state index contributed by atoms with van der Waals surface area (Å²) in [6, 6.07) is 0. The van der Waals surface area contributed by atoms with E-state index in [-0.39, 0.29) is 32.3 Å². The quantitative estimate of drug-likeness (QED) is 0.0269. The normalized spacial score (nSPS) is 13.8. The van der Waals surface area contributed by atoms with Crippen molar-refractivity contribution in [3.8, 4) is 0 Å². The molecule has 0 amide bonds. The average molecular weight is 838 g/mol. The van der Waals surface area contributed by atoms with Gasteiger partial charge in [0.1, 0.15) is 6.10 Å². The van der Waals surface area contributed by atoms with Gasteiger partial charge >= 0.3 is 13.8 Å². The molecule has 0 rings (SSSR count). The number of phosphoric acid groups is 1. The van der Waals surface area contributed by atoms with Gasteiger partial charge in [0.2, 0.25) is 0 Å². The molecule has 0 aromatic carbocycles. The number of unbranched alkanes of at least 4 members (excludes halogenated alkanes) is 25. The van der Waals surface area contributed by atoms with Gasteiger partial charge in [-0.2, -0.15) is 0 Å². The number of rotatable bonds is 46. The fourth-order valence-corrected chi connectivity index (χ4v) is 7.52. The molecule has 0 aromatic heterocycles. The van der Waals surface area contributed by atoms with Gasteiger partial charge in [0, 0.05) is 19.6 Å². The SMILES string of the molecule is CC/C=C\C/C=C\C/C=C\C/C=C\CCCCCCCCC(=O)OC(COCCCCCCCCCCCCCCCCCCCCCC)COP(=O)(O)OCCN. The Labute approximate surface area is 358 Å². The monoisotopic (exact) mass is 838 g/mol. The van der Waals surface area contributed by atoms with Crippen LogP contribution in [-0.2, 0) is 27.9 Å². The van der Waals surface area contributed by atoms with Crippen molar-refractivity contribution < 1.29 is 32.8 Å². The number of carbonyl (C=O) groups is 1. The summed E-state index contributed by atoms with van der Waals surface area (Å²) in [4.78, 5) is 22.5. The molecule has 340 valence electrons. The van der Waals surface area contributed by atoms with E-state index < -0.39 is 13.9 Å². The highest BCUT2D eigenvalue weighted by Crippen LogP contribution is 2.43. The predicted molar refractivity (Wildman–Crippen MR) is 247 cm³/mol. The van der Waals surface area contributed by atoms with Crippen molar-refractivity contribution in [1.29, 1.82) is 0 Å². The molecule has 2 unspecified atom stereocenters. The van der Waals surface area contributed by atoms with E-state index in [1.165, 1.54) is 128 Å². The van der Waals surface area contributed by atoms with Crippen LogP contribution in [0, 0.1) is 0 Å². The minimum absolute atomic E-state index is 0.0974. The molecule has 9 heteroatoms. The zero-order chi connectivity index (χ0) is 42.3. The Kier molecular flexibility index (Phi) is 45.3. The molecule has 0 aliphatic heterocycles. The lowest BCUT2D eigenvalue weighted by atomic mass is 10.0. The van der Waals surface area contributed by atoms with Gasteiger partial charge in [-0.25, -0.2) is 4.57 Å². The molecule has 3 N–H and O–H groups in total. The number of esters is 1. The molecule has 2 atom stereocenters. The standard InChI is InChI=1S/C49H92NO7P/c1-3-5-7-9-11-13-15-17-19-21-23-25-27-29-31-33-35-37-39-41-44-54-46-48(47-56-58(52,53)55-45-43-50)57-49(51)42-40-38-36-34-32-30-28-26-24-22-20-18-16-14-12-10-8-6-4-2/h6,8,12,14,18,20,24,26,48H,3-5,7,9-11,13,15-17,19,21-23,25,27-47,50H2,1-2H3,(H,52,53)/b8-6-,14-12-,20-18-,26-24-. The van der Waals surface area contributed by atoms with Crippen LogP contribution in [0.1, 0.15) is 219 Å². The third kappa shape index (κ3) is 45.5. The second-order valence-corrected chi connectivity index (χ2v) is 17.4. The van der Waals surface area contributed by atoms with Gasteiger partial charge in [0.15, 0.2) is 0 Å². The average Bonchev–Trinajstić information content (AvgIpc) is 3.21. The Morgan fingerprint density at radius 2 is 0.966 bits per heavy atom. The van der Waals surface area contributed by atoms with E-state index in [2.05, 4.69) is 62.5 Å². The second-order valence-electron chi connectivity index (χ2n) is 16.0. The summed E-state index contributed by atoms with van der Waals surface area (Å²) in [5, 5.41) is 0. The fourth-order valence-electron chi connectivity index (χ4n) is 6.75. The van der Waals surface area contributed by atoms with Crippen LogP contribution in [0.15, 0.2) is 48.6 Å². The lowest BCUT2D eigenvalue weighted by molar-refractivity contribution is -0.154. The summed E-state index contributed by atoms with van der Waals surface area (Å²) in [7, 11) is -4.28. The Morgan fingerprint density at radius 3 is 1.45 bits per heavy atom. The first-order valence-corrected chi connectivity index (χ1v) is 25.6. The maximum absolute atomic E-state index is 12.6. The summed E-state index contributed by atoms with van der Waals surface area (Å²) in [5.41, 5.74) is 5.38. The van der Waals surface area contributed by atoms with Crippen molar-refractivity contribution in [3.05, 3.63) is 48.6 Å². The Hall–Kier alpha value is -1.54. The summed E-state index contributed by atoms with van der Waals surface area (Å²) in [6.45, 7) is 4.82. The number of nitrogens with two attached hydrogens (primary N) is 1. The van der Waals surface area contributed by atoms with Gasteiger partial charge in [-0.05, 0) is 51.4 Å². The molecule has 0 radical (unpaired) electrons. The number of phosphoric ester groups is 1. The van der Waals surface area contributed by atoms with E-state index >= 15 is 0 Å². The number of hydrogen-bond donors (Lipinski definition) is 2. The van der Waals surface area contributed by atoms with Gasteiger partial charge < -0.3 is 20.1 Å². The van der Waals surface area contributed by atoms with Crippen LogP contribution in [0.2, 0.25) is 0 Å². The number of hydrogen-bond acceptors (Lipinski definition) is 7. The smallest absolute Gasteiger partial charge is 0.457 e. The molecule has 0 aliphatic carbocycles. The molecular weight excluding hydrogens is 746 g/mol. The molecule has 0 aromatic rings. The first kappa shape index (κ1) is 56.5. The summed E-state index contributed by atoms with van der Waals surface area (Å²) in [5.74, 6) is -0.342. The molecule has 0 bridgehead atoms. The largest absolute Gasteiger partial charge is 0.472 e. The summed E-state index contributed by atoms with van der Waals surface area (Å²) < 4.78 is 33.5. The van der Waals surface area contributed by atoms with Gasteiger partial charge in [-0.3, -0.25) is 13.8 Å². The zero-order valence-electron chi connectivity index (χ0n) is 37.8. The molecule has 0 fully saturated rings. The van der Waals surface area contributed by atoms with Crippen molar-refractivity contribution >= 4 is 13.8 Å². The van der Waals surface area contributed by atoms with Crippen LogP contribution >= 0.6 is 7.82 Å². The van der Waals surface area contributed by atoms with Crippen molar-refractivity contribution in [2.75, 3.05) is 33.0 Å². The lowest BCUT2D eigenvalue weighted by Crippen LogP contribution is -2.28. The van der Waals surface area contributed by atoms with Crippen molar-refractivity contribution in [2.45, 2.75) is 225 Å². The maximum atomic E-state index is 12.6. The highest BCUT2D eigenvalue weighted by atomic mass is 31.2. The van der Waals surface area contributed by atoms with E-state index in [0.717, 1.165) is 70.6 Å². The first-order chi connectivity index (χ1) is 28.4. The van der Waals surface area contributed by atoms with E-state index in [1.54, 1.807) is 0 Å². The number of allylic oxidation sites excluding steroid dienone is 8. The Balaban J connectivity index is 3.98. The van der Waals surface area contributed by atoms with Gasteiger partial charge in [-0.15, -0.1) is 0 Å². The highest BCUT2D eigenvalue weighted by molar-refractivity contribution is 7.47. The fraction of sp³-hybridized carbons (Fsp3) is 0.816. The molecule has 8 nitrogen and oxygen atoms in total. The molecule has 0 aliphatic rings. The zero-order valence-corrected chi connectivity index (χ0v) is 38.7. The lowest BCUT2D eigenvalue weighted by Gasteiger charge is -2.20.